The lowest BCUT2D eigenvalue weighted by molar-refractivity contribution is 0.157. The Kier molecular flexibility index (Phi) is 6.12. The molecular weight excluding hydrogens is 314 g/mol. The van der Waals surface area contributed by atoms with Gasteiger partial charge in [-0.15, -0.1) is 0 Å². The van der Waals surface area contributed by atoms with Crippen LogP contribution in [0.15, 0.2) is 48.8 Å². The number of rotatable bonds is 7. The van der Waals surface area contributed by atoms with Crippen LogP contribution in [0.3, 0.4) is 0 Å². The molecule has 1 atom stereocenters. The molecule has 0 saturated carbocycles. The summed E-state index contributed by atoms with van der Waals surface area (Å²) in [5.41, 5.74) is 2.60. The number of hydrogen-bond acceptors (Lipinski definition) is 2. The minimum Gasteiger partial charge on any atom is -0.396 e. The fraction of sp³-hybridized carbons (Fsp3) is 0.450. The molecule has 0 radical (unpaired) electrons. The smallest absolute Gasteiger partial charge is 0.317 e. The molecule has 2 N–H and O–H groups in total. The first-order chi connectivity index (χ1) is 12.3. The summed E-state index contributed by atoms with van der Waals surface area (Å²) in [6, 6.07) is 12.4. The van der Waals surface area contributed by atoms with Crippen molar-refractivity contribution in [3.8, 4) is 0 Å². The number of aromatic nitrogens is 1. The molecule has 1 heterocycles. The number of carbonyl (C=O) groups excluding carboxylic acids is 1. The Morgan fingerprint density at radius 1 is 1.24 bits per heavy atom. The average molecular weight is 341 g/mol. The maximum atomic E-state index is 12.8. The molecule has 2 amide bonds. The van der Waals surface area contributed by atoms with Crippen molar-refractivity contribution < 1.29 is 9.90 Å². The quantitative estimate of drug-likeness (QED) is 0.813. The van der Waals surface area contributed by atoms with Crippen molar-refractivity contribution in [2.75, 3.05) is 19.7 Å². The van der Waals surface area contributed by atoms with Gasteiger partial charge in [0.15, 0.2) is 0 Å². The predicted octanol–water partition coefficient (Wildman–Crippen LogP) is 2.96. The fourth-order valence-corrected chi connectivity index (χ4v) is 3.60. The first-order valence-electron chi connectivity index (χ1n) is 9.13. The van der Waals surface area contributed by atoms with Crippen molar-refractivity contribution in [3.63, 3.8) is 0 Å². The SMILES string of the molecule is O=C(NCCn1cccc1)N(CCCO)C1CCCc2ccccc21. The molecule has 3 rings (SSSR count). The van der Waals surface area contributed by atoms with Crippen LogP contribution in [0, 0.1) is 0 Å². The summed E-state index contributed by atoms with van der Waals surface area (Å²) in [6.07, 6.45) is 7.74. The van der Waals surface area contributed by atoms with Gasteiger partial charge in [-0.3, -0.25) is 0 Å². The highest BCUT2D eigenvalue weighted by Gasteiger charge is 2.28. The Hall–Kier alpha value is -2.27. The van der Waals surface area contributed by atoms with Gasteiger partial charge in [0.1, 0.15) is 0 Å². The van der Waals surface area contributed by atoms with E-state index in [2.05, 4.69) is 23.5 Å². The number of fused-ring (bicyclic) bond motifs is 1. The molecule has 0 saturated heterocycles. The van der Waals surface area contributed by atoms with Gasteiger partial charge in [0, 0.05) is 38.6 Å². The van der Waals surface area contributed by atoms with E-state index in [1.54, 1.807) is 0 Å². The lowest BCUT2D eigenvalue weighted by Crippen LogP contribution is -2.44. The maximum absolute atomic E-state index is 12.8. The van der Waals surface area contributed by atoms with Gasteiger partial charge in [-0.25, -0.2) is 4.79 Å². The highest BCUT2D eigenvalue weighted by atomic mass is 16.3. The third-order valence-corrected chi connectivity index (χ3v) is 4.84. The minimum absolute atomic E-state index is 0.0395. The number of carbonyl (C=O) groups is 1. The molecule has 0 spiro atoms. The molecular formula is C20H27N3O2. The Bertz CT molecular complexity index is 669. The molecule has 2 aromatic rings. The molecule has 0 aliphatic heterocycles. The standard InChI is InChI=1S/C20H27N3O2/c24-16-6-14-23(20(25)21-11-15-22-12-3-4-13-22)19-10-5-8-17-7-1-2-9-18(17)19/h1-4,7,9,12-13,19,24H,5-6,8,10-11,14-16H2,(H,21,25). The largest absolute Gasteiger partial charge is 0.396 e. The van der Waals surface area contributed by atoms with Crippen molar-refractivity contribution in [3.05, 3.63) is 59.9 Å². The molecule has 5 heteroatoms. The first-order valence-corrected chi connectivity index (χ1v) is 9.13. The van der Waals surface area contributed by atoms with Crippen LogP contribution in [0.2, 0.25) is 0 Å². The number of urea groups is 1. The third-order valence-electron chi connectivity index (χ3n) is 4.84. The molecule has 1 aliphatic carbocycles. The number of nitrogens with zero attached hydrogens (tertiary/aromatic N) is 2. The van der Waals surface area contributed by atoms with Crippen LogP contribution < -0.4 is 5.32 Å². The topological polar surface area (TPSA) is 57.5 Å². The molecule has 1 aromatic carbocycles. The van der Waals surface area contributed by atoms with E-state index in [1.807, 2.05) is 40.1 Å². The van der Waals surface area contributed by atoms with E-state index in [0.717, 1.165) is 25.8 Å². The summed E-state index contributed by atoms with van der Waals surface area (Å²) in [5, 5.41) is 12.3. The van der Waals surface area contributed by atoms with Crippen LogP contribution in [0.5, 0.6) is 0 Å². The van der Waals surface area contributed by atoms with Crippen molar-refractivity contribution >= 4 is 6.03 Å². The molecule has 134 valence electrons. The number of nitrogens with one attached hydrogen (secondary N) is 1. The summed E-state index contributed by atoms with van der Waals surface area (Å²) in [6.45, 7) is 2.03. The monoisotopic (exact) mass is 341 g/mol. The van der Waals surface area contributed by atoms with Crippen LogP contribution in [-0.4, -0.2) is 40.3 Å². The lowest BCUT2D eigenvalue weighted by atomic mass is 9.87. The first kappa shape index (κ1) is 17.5. The Balaban J connectivity index is 1.67. The van der Waals surface area contributed by atoms with Crippen molar-refractivity contribution in [2.24, 2.45) is 0 Å². The number of aliphatic hydroxyl groups excluding tert-OH is 1. The second kappa shape index (κ2) is 8.72. The highest BCUT2D eigenvalue weighted by Crippen LogP contribution is 2.34. The Morgan fingerprint density at radius 2 is 2.04 bits per heavy atom. The van der Waals surface area contributed by atoms with E-state index in [0.29, 0.717) is 19.5 Å². The number of aliphatic hydroxyl groups is 1. The lowest BCUT2D eigenvalue weighted by Gasteiger charge is -2.36. The molecule has 5 nitrogen and oxygen atoms in total. The van der Waals surface area contributed by atoms with Gasteiger partial charge >= 0.3 is 6.03 Å². The molecule has 0 fully saturated rings. The number of aryl methyl sites for hydroxylation is 1. The van der Waals surface area contributed by atoms with Crippen LogP contribution in [0.25, 0.3) is 0 Å². The molecule has 1 aliphatic rings. The minimum atomic E-state index is -0.0395. The van der Waals surface area contributed by atoms with Crippen LogP contribution in [0.1, 0.15) is 36.4 Å². The van der Waals surface area contributed by atoms with Crippen molar-refractivity contribution in [1.29, 1.82) is 0 Å². The molecule has 25 heavy (non-hydrogen) atoms. The summed E-state index contributed by atoms with van der Waals surface area (Å²) in [5.74, 6) is 0. The van der Waals surface area contributed by atoms with E-state index in [4.69, 9.17) is 0 Å². The predicted molar refractivity (Wildman–Crippen MR) is 98.4 cm³/mol. The van der Waals surface area contributed by atoms with Gasteiger partial charge in [-0.05, 0) is 48.9 Å². The van der Waals surface area contributed by atoms with E-state index in [1.165, 1.54) is 11.1 Å². The van der Waals surface area contributed by atoms with Crippen LogP contribution >= 0.6 is 0 Å². The summed E-state index contributed by atoms with van der Waals surface area (Å²) in [7, 11) is 0. The zero-order valence-electron chi connectivity index (χ0n) is 14.6. The van der Waals surface area contributed by atoms with Gasteiger partial charge in [-0.2, -0.15) is 0 Å². The normalized spacial score (nSPS) is 16.3. The average Bonchev–Trinajstić information content (AvgIpc) is 3.15. The molecule has 1 unspecified atom stereocenters. The summed E-state index contributed by atoms with van der Waals surface area (Å²) in [4.78, 5) is 14.7. The summed E-state index contributed by atoms with van der Waals surface area (Å²) >= 11 is 0. The van der Waals surface area contributed by atoms with Crippen LogP contribution in [0.4, 0.5) is 4.79 Å². The third kappa shape index (κ3) is 4.42. The number of benzene rings is 1. The van der Waals surface area contributed by atoms with Crippen molar-refractivity contribution in [1.82, 2.24) is 14.8 Å². The fourth-order valence-electron chi connectivity index (χ4n) is 3.60. The maximum Gasteiger partial charge on any atom is 0.317 e. The second-order valence-corrected chi connectivity index (χ2v) is 6.53. The van der Waals surface area contributed by atoms with Gasteiger partial charge in [0.25, 0.3) is 0 Å². The van der Waals surface area contributed by atoms with Gasteiger partial charge < -0.3 is 19.9 Å². The van der Waals surface area contributed by atoms with Gasteiger partial charge in [0.05, 0.1) is 6.04 Å². The van der Waals surface area contributed by atoms with E-state index >= 15 is 0 Å². The zero-order chi connectivity index (χ0) is 17.5. The van der Waals surface area contributed by atoms with Gasteiger partial charge in [-0.1, -0.05) is 24.3 Å². The van der Waals surface area contributed by atoms with Crippen molar-refractivity contribution in [2.45, 2.75) is 38.3 Å². The highest BCUT2D eigenvalue weighted by molar-refractivity contribution is 5.74. The molecule has 1 aromatic heterocycles. The second-order valence-electron chi connectivity index (χ2n) is 6.53. The van der Waals surface area contributed by atoms with Gasteiger partial charge in [0.2, 0.25) is 0 Å². The number of amides is 2. The number of hydrogen-bond donors (Lipinski definition) is 2. The Morgan fingerprint density at radius 3 is 2.84 bits per heavy atom. The van der Waals surface area contributed by atoms with E-state index < -0.39 is 0 Å². The zero-order valence-corrected chi connectivity index (χ0v) is 14.6. The Labute approximate surface area is 149 Å². The molecule has 0 bridgehead atoms. The van der Waals surface area contributed by atoms with E-state index in [9.17, 15) is 9.90 Å². The van der Waals surface area contributed by atoms with Crippen LogP contribution in [-0.2, 0) is 13.0 Å². The van der Waals surface area contributed by atoms with E-state index in [-0.39, 0.29) is 18.7 Å². The summed E-state index contributed by atoms with van der Waals surface area (Å²) < 4.78 is 2.05.